The standard InChI is InChI=1S/C22H34N2O3/c1-2-24(19-10-4-3-5-11-19)22(26)17-23(16-20-12-8-14-27-20)15-18-9-6-7-13-21(18)25/h6-7,9,13,19-20,25H,2-5,8,10-12,14-17H2,1H3. The Morgan fingerprint density at radius 2 is 1.93 bits per heavy atom. The molecule has 0 aromatic heterocycles. The van der Waals surface area contributed by atoms with Gasteiger partial charge in [-0.05, 0) is 38.7 Å². The zero-order valence-electron chi connectivity index (χ0n) is 16.6. The van der Waals surface area contributed by atoms with Gasteiger partial charge in [0, 0.05) is 37.8 Å². The first-order chi connectivity index (χ1) is 13.2. The molecule has 2 fully saturated rings. The number of phenolic OH excluding ortho intramolecular Hbond substituents is 1. The van der Waals surface area contributed by atoms with Crippen LogP contribution in [0.15, 0.2) is 24.3 Å². The second-order valence-electron chi connectivity index (χ2n) is 7.90. The first-order valence-electron chi connectivity index (χ1n) is 10.6. The molecule has 0 bridgehead atoms. The fourth-order valence-corrected chi connectivity index (χ4v) is 4.46. The maximum atomic E-state index is 13.1. The number of hydrogen-bond donors (Lipinski definition) is 1. The lowest BCUT2D eigenvalue weighted by Crippen LogP contribution is -2.47. The number of benzene rings is 1. The van der Waals surface area contributed by atoms with Gasteiger partial charge in [0.05, 0.1) is 12.6 Å². The molecule has 0 spiro atoms. The molecule has 5 heteroatoms. The topological polar surface area (TPSA) is 53.0 Å². The van der Waals surface area contributed by atoms with E-state index in [4.69, 9.17) is 4.74 Å². The van der Waals surface area contributed by atoms with Gasteiger partial charge in [-0.2, -0.15) is 0 Å². The van der Waals surface area contributed by atoms with Gasteiger partial charge in [-0.25, -0.2) is 0 Å². The van der Waals surface area contributed by atoms with Gasteiger partial charge in [0.1, 0.15) is 5.75 Å². The van der Waals surface area contributed by atoms with Crippen LogP contribution in [0.2, 0.25) is 0 Å². The molecular weight excluding hydrogens is 340 g/mol. The molecule has 5 nitrogen and oxygen atoms in total. The fourth-order valence-electron chi connectivity index (χ4n) is 4.46. The highest BCUT2D eigenvalue weighted by atomic mass is 16.5. The number of aromatic hydroxyl groups is 1. The molecular formula is C22H34N2O3. The molecule has 1 aliphatic carbocycles. The quantitative estimate of drug-likeness (QED) is 0.756. The van der Waals surface area contributed by atoms with Gasteiger partial charge in [-0.1, -0.05) is 37.5 Å². The lowest BCUT2D eigenvalue weighted by atomic mass is 9.94. The molecule has 1 amide bonds. The van der Waals surface area contributed by atoms with E-state index in [1.165, 1.54) is 19.3 Å². The molecule has 1 heterocycles. The molecule has 2 aliphatic rings. The van der Waals surface area contributed by atoms with Crippen molar-refractivity contribution in [1.29, 1.82) is 0 Å². The van der Waals surface area contributed by atoms with E-state index in [0.29, 0.717) is 24.9 Å². The molecule has 0 radical (unpaired) electrons. The van der Waals surface area contributed by atoms with E-state index in [1.807, 2.05) is 18.2 Å². The molecule has 1 saturated carbocycles. The Balaban J connectivity index is 1.67. The Hall–Kier alpha value is -1.59. The lowest BCUT2D eigenvalue weighted by Gasteiger charge is -2.35. The summed E-state index contributed by atoms with van der Waals surface area (Å²) in [6.45, 7) is 5.36. The number of likely N-dealkylation sites (N-methyl/N-ethyl adjacent to an activating group) is 1. The van der Waals surface area contributed by atoms with Crippen LogP contribution >= 0.6 is 0 Å². The van der Waals surface area contributed by atoms with Crippen LogP contribution < -0.4 is 0 Å². The van der Waals surface area contributed by atoms with Gasteiger partial charge in [-0.3, -0.25) is 9.69 Å². The van der Waals surface area contributed by atoms with E-state index in [9.17, 15) is 9.90 Å². The second kappa shape index (κ2) is 10.1. The van der Waals surface area contributed by atoms with Crippen LogP contribution in [0.5, 0.6) is 5.75 Å². The Kier molecular flexibility index (Phi) is 7.53. The van der Waals surface area contributed by atoms with Gasteiger partial charge in [0.2, 0.25) is 5.91 Å². The second-order valence-corrected chi connectivity index (χ2v) is 7.90. The third-order valence-corrected chi connectivity index (χ3v) is 5.91. The van der Waals surface area contributed by atoms with Crippen molar-refractivity contribution in [3.63, 3.8) is 0 Å². The first kappa shape index (κ1) is 20.2. The number of carbonyl (C=O) groups is 1. The summed E-state index contributed by atoms with van der Waals surface area (Å²) in [4.78, 5) is 17.3. The van der Waals surface area contributed by atoms with Crippen LogP contribution in [0.3, 0.4) is 0 Å². The number of ether oxygens (including phenoxy) is 1. The van der Waals surface area contributed by atoms with E-state index >= 15 is 0 Å². The van der Waals surface area contributed by atoms with Gasteiger partial charge < -0.3 is 14.7 Å². The van der Waals surface area contributed by atoms with Crippen molar-refractivity contribution >= 4 is 5.91 Å². The number of hydrogen-bond acceptors (Lipinski definition) is 4. The fraction of sp³-hybridized carbons (Fsp3) is 0.682. The van der Waals surface area contributed by atoms with E-state index in [1.54, 1.807) is 6.07 Å². The predicted octanol–water partition coefficient (Wildman–Crippen LogP) is 3.55. The minimum absolute atomic E-state index is 0.188. The molecule has 1 saturated heterocycles. The van der Waals surface area contributed by atoms with Crippen LogP contribution in [0.1, 0.15) is 57.4 Å². The largest absolute Gasteiger partial charge is 0.508 e. The summed E-state index contributed by atoms with van der Waals surface area (Å²) in [6, 6.07) is 7.80. The van der Waals surface area contributed by atoms with E-state index < -0.39 is 0 Å². The molecule has 27 heavy (non-hydrogen) atoms. The third-order valence-electron chi connectivity index (χ3n) is 5.91. The maximum Gasteiger partial charge on any atom is 0.236 e. The van der Waals surface area contributed by atoms with Crippen molar-refractivity contribution in [3.8, 4) is 5.75 Å². The monoisotopic (exact) mass is 374 g/mol. The zero-order chi connectivity index (χ0) is 19.1. The van der Waals surface area contributed by atoms with Crippen LogP contribution in [0, 0.1) is 0 Å². The van der Waals surface area contributed by atoms with Gasteiger partial charge in [0.15, 0.2) is 0 Å². The van der Waals surface area contributed by atoms with Crippen LogP contribution in [0.25, 0.3) is 0 Å². The molecule has 1 N–H and O–H groups in total. The van der Waals surface area contributed by atoms with E-state index in [2.05, 4.69) is 16.7 Å². The Morgan fingerprint density at radius 3 is 2.59 bits per heavy atom. The maximum absolute atomic E-state index is 13.1. The molecule has 3 rings (SSSR count). The van der Waals surface area contributed by atoms with Crippen LogP contribution in [-0.2, 0) is 16.1 Å². The summed E-state index contributed by atoms with van der Waals surface area (Å²) in [7, 11) is 0. The molecule has 1 aliphatic heterocycles. The summed E-state index contributed by atoms with van der Waals surface area (Å²) < 4.78 is 5.81. The van der Waals surface area contributed by atoms with E-state index in [-0.39, 0.29) is 12.0 Å². The minimum Gasteiger partial charge on any atom is -0.508 e. The highest BCUT2D eigenvalue weighted by Crippen LogP contribution is 2.24. The van der Waals surface area contributed by atoms with Crippen molar-refractivity contribution < 1.29 is 14.6 Å². The number of amides is 1. The zero-order valence-corrected chi connectivity index (χ0v) is 16.6. The van der Waals surface area contributed by atoms with Crippen LogP contribution in [0.4, 0.5) is 0 Å². The lowest BCUT2D eigenvalue weighted by molar-refractivity contribution is -0.135. The number of phenols is 1. The number of rotatable bonds is 8. The predicted molar refractivity (Wildman–Crippen MR) is 107 cm³/mol. The van der Waals surface area contributed by atoms with Crippen molar-refractivity contribution in [1.82, 2.24) is 9.80 Å². The summed E-state index contributed by atoms with van der Waals surface area (Å²) in [6.07, 6.45) is 8.33. The molecule has 150 valence electrons. The van der Waals surface area contributed by atoms with E-state index in [0.717, 1.165) is 50.9 Å². The van der Waals surface area contributed by atoms with Crippen molar-refractivity contribution in [2.24, 2.45) is 0 Å². The minimum atomic E-state index is 0.188. The Bertz CT molecular complexity index is 595. The third kappa shape index (κ3) is 5.69. The van der Waals surface area contributed by atoms with Crippen molar-refractivity contribution in [3.05, 3.63) is 29.8 Å². The van der Waals surface area contributed by atoms with Crippen LogP contribution in [-0.4, -0.2) is 59.2 Å². The molecule has 1 aromatic carbocycles. The summed E-state index contributed by atoms with van der Waals surface area (Å²) in [5.41, 5.74) is 0.865. The Morgan fingerprint density at radius 1 is 1.15 bits per heavy atom. The number of nitrogens with zero attached hydrogens (tertiary/aromatic N) is 2. The van der Waals surface area contributed by atoms with Crippen molar-refractivity contribution in [2.45, 2.75) is 70.6 Å². The smallest absolute Gasteiger partial charge is 0.236 e. The highest BCUT2D eigenvalue weighted by molar-refractivity contribution is 5.78. The van der Waals surface area contributed by atoms with Crippen molar-refractivity contribution in [2.75, 3.05) is 26.2 Å². The SMILES string of the molecule is CCN(C(=O)CN(Cc1ccccc1O)CC1CCCO1)C1CCCCC1. The number of carbonyl (C=O) groups excluding carboxylic acids is 1. The highest BCUT2D eigenvalue weighted by Gasteiger charge is 2.27. The molecule has 1 aromatic rings. The summed E-state index contributed by atoms with van der Waals surface area (Å²) in [5.74, 6) is 0.500. The van der Waals surface area contributed by atoms with Gasteiger partial charge in [-0.15, -0.1) is 0 Å². The molecule has 1 atom stereocenters. The number of para-hydroxylation sites is 1. The van der Waals surface area contributed by atoms with Gasteiger partial charge >= 0.3 is 0 Å². The molecule has 1 unspecified atom stereocenters. The Labute approximate surface area is 163 Å². The summed E-state index contributed by atoms with van der Waals surface area (Å²) in [5, 5.41) is 10.2. The average Bonchev–Trinajstić information content (AvgIpc) is 3.18. The summed E-state index contributed by atoms with van der Waals surface area (Å²) >= 11 is 0. The van der Waals surface area contributed by atoms with Gasteiger partial charge in [0.25, 0.3) is 0 Å². The average molecular weight is 375 g/mol. The normalized spacial score (nSPS) is 20.9. The first-order valence-corrected chi connectivity index (χ1v) is 10.6.